The van der Waals surface area contributed by atoms with Crippen LogP contribution in [0.1, 0.15) is 93.2 Å². The average Bonchev–Trinajstić information content (AvgIpc) is 3.24. The zero-order valence-electron chi connectivity index (χ0n) is 26.4. The van der Waals surface area contributed by atoms with Crippen molar-refractivity contribution in [2.45, 2.75) is 77.2 Å². The van der Waals surface area contributed by atoms with E-state index in [-0.39, 0.29) is 16.9 Å². The standard InChI is InChI=1S/C37H47N3O3/c1-37(2,3)29-24-27(14-12-21-40-23-13-22-39-20-11-5-6-19-34(39)40)36(43-4)28(25-29)26-38-35(30-15-7-9-17-32(30)41)31-16-8-10-18-33(31)42/h7-10,15-18,24-26,35H,5-6,11-14,19-23H2,1-4H3,(H-,41,42)/p+1. The van der Waals surface area contributed by atoms with Crippen LogP contribution in [-0.2, 0) is 11.8 Å². The minimum Gasteiger partial charge on any atom is -0.508 e. The highest BCUT2D eigenvalue weighted by molar-refractivity contribution is 5.85. The van der Waals surface area contributed by atoms with Gasteiger partial charge in [-0.2, -0.15) is 0 Å². The molecule has 228 valence electrons. The molecule has 0 spiro atoms. The van der Waals surface area contributed by atoms with Crippen molar-refractivity contribution in [2.75, 3.05) is 33.3 Å². The topological polar surface area (TPSA) is 68.3 Å². The number of para-hydroxylation sites is 2. The predicted molar refractivity (Wildman–Crippen MR) is 175 cm³/mol. The number of rotatable bonds is 9. The Morgan fingerprint density at radius 3 is 2.26 bits per heavy atom. The van der Waals surface area contributed by atoms with E-state index in [2.05, 4.69) is 42.4 Å². The van der Waals surface area contributed by atoms with Gasteiger partial charge in [-0.1, -0.05) is 63.2 Å². The molecule has 0 bridgehead atoms. The van der Waals surface area contributed by atoms with Gasteiger partial charge >= 0.3 is 0 Å². The van der Waals surface area contributed by atoms with E-state index in [1.807, 2.05) is 30.5 Å². The number of amidine groups is 1. The first-order valence-electron chi connectivity index (χ1n) is 15.9. The summed E-state index contributed by atoms with van der Waals surface area (Å²) in [6, 6.07) is 18.3. The van der Waals surface area contributed by atoms with Crippen molar-refractivity contribution in [1.82, 2.24) is 4.90 Å². The summed E-state index contributed by atoms with van der Waals surface area (Å²) in [6.07, 6.45) is 10.2. The maximum Gasteiger partial charge on any atom is 0.246 e. The van der Waals surface area contributed by atoms with Crippen molar-refractivity contribution in [3.05, 3.63) is 88.5 Å². The molecular formula is C37H48N3O3+. The molecule has 0 atom stereocenters. The monoisotopic (exact) mass is 582 g/mol. The van der Waals surface area contributed by atoms with Crippen molar-refractivity contribution in [1.29, 1.82) is 0 Å². The quantitative estimate of drug-likeness (QED) is 0.206. The molecule has 2 aliphatic rings. The van der Waals surface area contributed by atoms with Crippen LogP contribution in [0.4, 0.5) is 0 Å². The van der Waals surface area contributed by atoms with Crippen molar-refractivity contribution in [3.8, 4) is 17.2 Å². The van der Waals surface area contributed by atoms with Crippen LogP contribution in [-0.4, -0.2) is 65.0 Å². The molecule has 6 heteroatoms. The lowest BCUT2D eigenvalue weighted by Crippen LogP contribution is -2.44. The number of ether oxygens (including phenoxy) is 1. The van der Waals surface area contributed by atoms with Gasteiger partial charge in [0, 0.05) is 35.7 Å². The Morgan fingerprint density at radius 1 is 0.930 bits per heavy atom. The number of methoxy groups -OCH3 is 1. The van der Waals surface area contributed by atoms with Gasteiger partial charge in [0.05, 0.1) is 33.3 Å². The fourth-order valence-electron chi connectivity index (χ4n) is 6.53. The number of aryl methyl sites for hydroxylation is 1. The number of benzene rings is 3. The van der Waals surface area contributed by atoms with Crippen LogP contribution >= 0.6 is 0 Å². The van der Waals surface area contributed by atoms with Crippen LogP contribution in [0.5, 0.6) is 17.2 Å². The summed E-state index contributed by atoms with van der Waals surface area (Å²) in [5.74, 6) is 2.69. The SMILES string of the molecule is COc1c(C=NC(c2ccccc2O)c2ccccc2O)cc(C(C)(C)C)cc1CCCN1CCC[N+]2=C1CCCCC2. The summed E-state index contributed by atoms with van der Waals surface area (Å²) >= 11 is 0. The molecule has 2 N–H and O–H groups in total. The molecule has 0 fully saturated rings. The number of hydrogen-bond donors (Lipinski definition) is 2. The van der Waals surface area contributed by atoms with Gasteiger partial charge < -0.3 is 14.9 Å². The molecule has 0 saturated heterocycles. The summed E-state index contributed by atoms with van der Waals surface area (Å²) in [7, 11) is 1.74. The molecular weight excluding hydrogens is 534 g/mol. The van der Waals surface area contributed by atoms with Gasteiger partial charge in [0.25, 0.3) is 0 Å². The Hall–Kier alpha value is -3.80. The first-order valence-corrected chi connectivity index (χ1v) is 15.9. The number of hydrogen-bond acceptors (Lipinski definition) is 5. The lowest BCUT2D eigenvalue weighted by atomic mass is 9.84. The van der Waals surface area contributed by atoms with E-state index in [1.54, 1.807) is 37.2 Å². The van der Waals surface area contributed by atoms with Crippen molar-refractivity contribution >= 4 is 12.1 Å². The molecule has 0 radical (unpaired) electrons. The van der Waals surface area contributed by atoms with Crippen LogP contribution in [0, 0.1) is 0 Å². The first-order chi connectivity index (χ1) is 20.8. The second-order valence-corrected chi connectivity index (χ2v) is 13.0. The summed E-state index contributed by atoms with van der Waals surface area (Å²) in [5, 5.41) is 21.5. The molecule has 2 heterocycles. The number of phenolic OH excluding ortho intramolecular Hbond substituents is 2. The van der Waals surface area contributed by atoms with Crippen molar-refractivity contribution in [2.24, 2.45) is 4.99 Å². The maximum absolute atomic E-state index is 10.7. The second kappa shape index (κ2) is 13.7. The second-order valence-electron chi connectivity index (χ2n) is 13.0. The summed E-state index contributed by atoms with van der Waals surface area (Å²) in [4.78, 5) is 7.63. The van der Waals surface area contributed by atoms with Gasteiger partial charge in [-0.15, -0.1) is 0 Å². The van der Waals surface area contributed by atoms with E-state index in [9.17, 15) is 10.2 Å². The Balaban J connectivity index is 1.46. The van der Waals surface area contributed by atoms with Crippen LogP contribution < -0.4 is 4.74 Å². The number of aromatic hydroxyl groups is 2. The Labute approximate surface area is 257 Å². The molecule has 5 rings (SSSR count). The predicted octanol–water partition coefficient (Wildman–Crippen LogP) is 7.24. The molecule has 0 amide bonds. The average molecular weight is 583 g/mol. The first kappa shape index (κ1) is 30.7. The van der Waals surface area contributed by atoms with Gasteiger partial charge in [-0.3, -0.25) is 14.5 Å². The van der Waals surface area contributed by atoms with Gasteiger partial charge in [-0.25, -0.2) is 0 Å². The number of phenols is 2. The Kier molecular flexibility index (Phi) is 9.74. The highest BCUT2D eigenvalue weighted by atomic mass is 16.5. The van der Waals surface area contributed by atoms with E-state index < -0.39 is 6.04 Å². The molecule has 6 nitrogen and oxygen atoms in total. The molecule has 43 heavy (non-hydrogen) atoms. The van der Waals surface area contributed by atoms with E-state index in [1.165, 1.54) is 56.3 Å². The van der Waals surface area contributed by atoms with E-state index in [4.69, 9.17) is 9.73 Å². The zero-order valence-corrected chi connectivity index (χ0v) is 26.4. The highest BCUT2D eigenvalue weighted by Crippen LogP contribution is 2.37. The summed E-state index contributed by atoms with van der Waals surface area (Å²) < 4.78 is 8.70. The molecule has 0 aromatic heterocycles. The maximum atomic E-state index is 10.7. The largest absolute Gasteiger partial charge is 0.508 e. The fraction of sp³-hybridized carbons (Fsp3) is 0.459. The Morgan fingerprint density at radius 2 is 1.60 bits per heavy atom. The summed E-state index contributed by atoms with van der Waals surface area (Å²) in [6.45, 7) is 11.3. The van der Waals surface area contributed by atoms with E-state index >= 15 is 0 Å². The third kappa shape index (κ3) is 7.23. The molecule has 0 saturated carbocycles. The molecule has 3 aromatic rings. The van der Waals surface area contributed by atoms with E-state index in [0.717, 1.165) is 37.2 Å². The van der Waals surface area contributed by atoms with Gasteiger partial charge in [-0.05, 0) is 66.8 Å². The lowest BCUT2D eigenvalue weighted by molar-refractivity contribution is -0.539. The van der Waals surface area contributed by atoms with Crippen LogP contribution in [0.2, 0.25) is 0 Å². The van der Waals surface area contributed by atoms with Crippen LogP contribution in [0.25, 0.3) is 0 Å². The third-order valence-electron chi connectivity index (χ3n) is 8.88. The van der Waals surface area contributed by atoms with Crippen molar-refractivity contribution in [3.63, 3.8) is 0 Å². The highest BCUT2D eigenvalue weighted by Gasteiger charge is 2.28. The minimum absolute atomic E-state index is 0.0536. The number of nitrogens with zero attached hydrogens (tertiary/aromatic N) is 3. The summed E-state index contributed by atoms with van der Waals surface area (Å²) in [5.41, 5.74) is 4.55. The molecule has 0 aliphatic carbocycles. The smallest absolute Gasteiger partial charge is 0.246 e. The molecule has 2 aliphatic heterocycles. The minimum atomic E-state index is -0.576. The molecule has 3 aromatic carbocycles. The normalized spacial score (nSPS) is 16.1. The van der Waals surface area contributed by atoms with Crippen LogP contribution in [0.3, 0.4) is 0 Å². The fourth-order valence-corrected chi connectivity index (χ4v) is 6.53. The number of aliphatic imine (C=N–C) groups is 1. The van der Waals surface area contributed by atoms with E-state index in [0.29, 0.717) is 11.1 Å². The lowest BCUT2D eigenvalue weighted by Gasteiger charge is -2.27. The van der Waals surface area contributed by atoms with Gasteiger partial charge in [0.1, 0.15) is 23.3 Å². The Bertz CT molecular complexity index is 1420. The van der Waals surface area contributed by atoms with Crippen molar-refractivity contribution < 1.29 is 19.5 Å². The van der Waals surface area contributed by atoms with Gasteiger partial charge in [0.2, 0.25) is 5.84 Å². The zero-order chi connectivity index (χ0) is 30.4. The van der Waals surface area contributed by atoms with Gasteiger partial charge in [0.15, 0.2) is 0 Å². The van der Waals surface area contributed by atoms with Crippen LogP contribution in [0.15, 0.2) is 65.7 Å². The molecule has 0 unspecified atom stereocenters. The third-order valence-corrected chi connectivity index (χ3v) is 8.88.